The third-order valence-electron chi connectivity index (χ3n) is 3.77. The number of carbonyl (C=O) groups is 2. The molecule has 142 valence electrons. The molecule has 0 unspecified atom stereocenters. The summed E-state index contributed by atoms with van der Waals surface area (Å²) in [7, 11) is 0. The topological polar surface area (TPSA) is 83.7 Å². The maximum Gasteiger partial charge on any atom is 0.307 e. The Kier molecular flexibility index (Phi) is 6.28. The normalized spacial score (nSPS) is 11.2. The number of nitrogens with zero attached hydrogens (tertiary/aromatic N) is 1. The van der Waals surface area contributed by atoms with Gasteiger partial charge in [-0.15, -0.1) is 0 Å². The molecule has 0 saturated carbocycles. The van der Waals surface area contributed by atoms with E-state index < -0.39 is 5.91 Å². The highest BCUT2D eigenvalue weighted by atomic mass is 79.9. The summed E-state index contributed by atoms with van der Waals surface area (Å²) in [5.74, 6) is -0.565. The third-order valence-corrected chi connectivity index (χ3v) is 4.44. The smallest absolute Gasteiger partial charge is 0.307 e. The molecule has 0 aliphatic heterocycles. The molecule has 0 radical (unpaired) electrons. The van der Waals surface area contributed by atoms with Gasteiger partial charge in [0.05, 0.1) is 5.71 Å². The summed E-state index contributed by atoms with van der Waals surface area (Å²) in [4.78, 5) is 24.3. The van der Waals surface area contributed by atoms with Gasteiger partial charge >= 0.3 is 5.91 Å². The average Bonchev–Trinajstić information content (AvgIpc) is 3.13. The van der Waals surface area contributed by atoms with Crippen molar-refractivity contribution in [3.63, 3.8) is 0 Å². The van der Waals surface area contributed by atoms with Crippen molar-refractivity contribution in [1.29, 1.82) is 0 Å². The summed E-state index contributed by atoms with van der Waals surface area (Å²) in [5, 5.41) is 7.47. The van der Waals surface area contributed by atoms with Gasteiger partial charge in [0.2, 0.25) is 0 Å². The highest BCUT2D eigenvalue weighted by molar-refractivity contribution is 9.10. The van der Waals surface area contributed by atoms with E-state index in [1.807, 2.05) is 6.07 Å². The first-order valence-electron chi connectivity index (χ1n) is 8.20. The number of nitrogens with one attached hydrogen (secondary N) is 2. The van der Waals surface area contributed by atoms with Gasteiger partial charge in [0.15, 0.2) is 10.4 Å². The Morgan fingerprint density at radius 1 is 1.00 bits per heavy atom. The van der Waals surface area contributed by atoms with Gasteiger partial charge in [0.25, 0.3) is 5.91 Å². The lowest BCUT2D eigenvalue weighted by Crippen LogP contribution is -2.18. The summed E-state index contributed by atoms with van der Waals surface area (Å²) in [6, 6.07) is 16.9. The van der Waals surface area contributed by atoms with Crippen LogP contribution in [-0.4, -0.2) is 17.5 Å². The number of hydrogen-bond donors (Lipinski definition) is 2. The van der Waals surface area contributed by atoms with Gasteiger partial charge in [0.1, 0.15) is 0 Å². The second-order valence-electron chi connectivity index (χ2n) is 5.78. The van der Waals surface area contributed by atoms with Gasteiger partial charge < -0.3 is 9.73 Å². The monoisotopic (exact) mass is 459 g/mol. The van der Waals surface area contributed by atoms with E-state index in [0.29, 0.717) is 26.7 Å². The standard InChI is InChI=1S/C20H15BrClN3O3/c1-12(24-25-20(27)17-9-10-18(21)28-17)14-3-2-4-16(11-14)23-19(26)13-5-7-15(22)8-6-13/h2-11H,1H3,(H,23,26)(H,25,27)/b24-12-. The number of anilines is 1. The van der Waals surface area contributed by atoms with Crippen LogP contribution >= 0.6 is 27.5 Å². The van der Waals surface area contributed by atoms with Crippen molar-refractivity contribution in [2.45, 2.75) is 6.92 Å². The fraction of sp³-hybridized carbons (Fsp3) is 0.0500. The van der Waals surface area contributed by atoms with E-state index in [2.05, 4.69) is 31.8 Å². The Morgan fingerprint density at radius 2 is 1.75 bits per heavy atom. The molecule has 0 saturated heterocycles. The van der Waals surface area contributed by atoms with Gasteiger partial charge in [-0.1, -0.05) is 23.7 Å². The molecule has 2 N–H and O–H groups in total. The minimum absolute atomic E-state index is 0.146. The molecule has 1 heterocycles. The Hall–Kier alpha value is -2.90. The van der Waals surface area contributed by atoms with Crippen LogP contribution in [-0.2, 0) is 0 Å². The van der Waals surface area contributed by atoms with Crippen LogP contribution in [0.2, 0.25) is 5.02 Å². The zero-order chi connectivity index (χ0) is 20.1. The molecule has 2 amide bonds. The Morgan fingerprint density at radius 3 is 2.43 bits per heavy atom. The van der Waals surface area contributed by atoms with Gasteiger partial charge in [-0.25, -0.2) is 5.43 Å². The number of furan rings is 1. The van der Waals surface area contributed by atoms with Crippen LogP contribution in [0.1, 0.15) is 33.4 Å². The lowest BCUT2D eigenvalue weighted by Gasteiger charge is -2.08. The van der Waals surface area contributed by atoms with Crippen LogP contribution in [0.25, 0.3) is 0 Å². The molecule has 0 aliphatic rings. The minimum Gasteiger partial charge on any atom is -0.444 e. The largest absolute Gasteiger partial charge is 0.444 e. The molecule has 0 spiro atoms. The summed E-state index contributed by atoms with van der Waals surface area (Å²) in [6.45, 7) is 1.75. The molecule has 1 aromatic heterocycles. The molecular formula is C20H15BrClN3O3. The predicted octanol–water partition coefficient (Wildman–Crippen LogP) is 5.10. The van der Waals surface area contributed by atoms with Gasteiger partial charge in [-0.3, -0.25) is 9.59 Å². The zero-order valence-corrected chi connectivity index (χ0v) is 17.0. The van der Waals surface area contributed by atoms with E-state index in [4.69, 9.17) is 16.0 Å². The third kappa shape index (κ3) is 5.09. The number of amides is 2. The van der Waals surface area contributed by atoms with Gasteiger partial charge in [-0.2, -0.15) is 5.10 Å². The lowest BCUT2D eigenvalue weighted by molar-refractivity contribution is 0.0925. The van der Waals surface area contributed by atoms with Gasteiger partial charge in [-0.05, 0) is 76.9 Å². The first kappa shape index (κ1) is 19.9. The molecule has 6 nitrogen and oxygen atoms in total. The van der Waals surface area contributed by atoms with E-state index in [1.165, 1.54) is 6.07 Å². The molecule has 0 bridgehead atoms. The SMILES string of the molecule is C/C(=N/NC(=O)c1ccc(Br)o1)c1cccc(NC(=O)c2ccc(Cl)cc2)c1. The molecule has 0 aliphatic carbocycles. The second-order valence-corrected chi connectivity index (χ2v) is 7.00. The van der Waals surface area contributed by atoms with Crippen LogP contribution in [0, 0.1) is 0 Å². The fourth-order valence-electron chi connectivity index (χ4n) is 2.32. The highest BCUT2D eigenvalue weighted by Crippen LogP contribution is 2.16. The van der Waals surface area contributed by atoms with E-state index in [0.717, 1.165) is 5.56 Å². The van der Waals surface area contributed by atoms with Crippen molar-refractivity contribution in [1.82, 2.24) is 5.43 Å². The van der Waals surface area contributed by atoms with Gasteiger partial charge in [0, 0.05) is 16.3 Å². The summed E-state index contributed by atoms with van der Waals surface area (Å²) < 4.78 is 5.64. The number of rotatable bonds is 5. The minimum atomic E-state index is -0.461. The molecule has 8 heteroatoms. The predicted molar refractivity (Wildman–Crippen MR) is 112 cm³/mol. The molecule has 0 atom stereocenters. The summed E-state index contributed by atoms with van der Waals surface area (Å²) in [5.41, 5.74) is 4.85. The number of benzene rings is 2. The first-order valence-corrected chi connectivity index (χ1v) is 9.37. The fourth-order valence-corrected chi connectivity index (χ4v) is 2.75. The number of halogens is 2. The Balaban J connectivity index is 1.68. The van der Waals surface area contributed by atoms with Crippen LogP contribution in [0.5, 0.6) is 0 Å². The highest BCUT2D eigenvalue weighted by Gasteiger charge is 2.10. The first-order chi connectivity index (χ1) is 13.4. The summed E-state index contributed by atoms with van der Waals surface area (Å²) >= 11 is 8.98. The number of carbonyl (C=O) groups excluding carboxylic acids is 2. The van der Waals surface area contributed by atoms with E-state index in [1.54, 1.807) is 55.5 Å². The van der Waals surface area contributed by atoms with Crippen molar-refractivity contribution in [3.05, 3.63) is 87.2 Å². The van der Waals surface area contributed by atoms with E-state index in [9.17, 15) is 9.59 Å². The molecule has 3 aromatic rings. The Bertz CT molecular complexity index is 1040. The number of hydrazone groups is 1. The van der Waals surface area contributed by atoms with Crippen molar-refractivity contribution < 1.29 is 14.0 Å². The van der Waals surface area contributed by atoms with Crippen LogP contribution in [0.3, 0.4) is 0 Å². The van der Waals surface area contributed by atoms with Crippen molar-refractivity contribution in [3.8, 4) is 0 Å². The molecule has 28 heavy (non-hydrogen) atoms. The quantitative estimate of drug-likeness (QED) is 0.410. The Labute approximate surface area is 174 Å². The van der Waals surface area contributed by atoms with Crippen molar-refractivity contribution in [2.24, 2.45) is 5.10 Å². The molecule has 3 rings (SSSR count). The van der Waals surface area contributed by atoms with Crippen molar-refractivity contribution in [2.75, 3.05) is 5.32 Å². The van der Waals surface area contributed by atoms with Crippen LogP contribution < -0.4 is 10.7 Å². The van der Waals surface area contributed by atoms with Crippen LogP contribution in [0.15, 0.2) is 74.9 Å². The zero-order valence-electron chi connectivity index (χ0n) is 14.7. The van der Waals surface area contributed by atoms with E-state index in [-0.39, 0.29) is 11.7 Å². The summed E-state index contributed by atoms with van der Waals surface area (Å²) in [6.07, 6.45) is 0. The maximum absolute atomic E-state index is 12.3. The molecule has 0 fully saturated rings. The van der Waals surface area contributed by atoms with Crippen molar-refractivity contribution >= 4 is 50.7 Å². The number of hydrogen-bond acceptors (Lipinski definition) is 4. The lowest BCUT2D eigenvalue weighted by atomic mass is 10.1. The molecule has 2 aromatic carbocycles. The second kappa shape index (κ2) is 8.86. The molecular weight excluding hydrogens is 446 g/mol. The van der Waals surface area contributed by atoms with Crippen LogP contribution in [0.4, 0.5) is 5.69 Å². The van der Waals surface area contributed by atoms with E-state index >= 15 is 0 Å². The average molecular weight is 461 g/mol. The maximum atomic E-state index is 12.3.